The molecule has 5 nitrogen and oxygen atoms in total. The summed E-state index contributed by atoms with van der Waals surface area (Å²) in [4.78, 5) is 28.6. The number of amides is 1. The molecule has 0 aliphatic heterocycles. The van der Waals surface area contributed by atoms with E-state index >= 15 is 0 Å². The maximum absolute atomic E-state index is 12.6. The van der Waals surface area contributed by atoms with E-state index in [1.165, 1.54) is 6.92 Å². The Balaban J connectivity index is 1.67. The van der Waals surface area contributed by atoms with Crippen molar-refractivity contribution >= 4 is 28.5 Å². The van der Waals surface area contributed by atoms with Crippen molar-refractivity contribution in [3.8, 4) is 0 Å². The van der Waals surface area contributed by atoms with Crippen molar-refractivity contribution in [3.05, 3.63) is 71.9 Å². The van der Waals surface area contributed by atoms with Crippen LogP contribution in [-0.2, 0) is 15.7 Å². The van der Waals surface area contributed by atoms with Gasteiger partial charge in [-0.3, -0.25) is 9.78 Å². The average Bonchev–Trinajstić information content (AvgIpc) is 2.67. The fourth-order valence-electron chi connectivity index (χ4n) is 2.52. The molecular weight excluding hydrogens is 373 g/mol. The molecule has 3 rings (SSSR count). The number of ether oxygens (including phenoxy) is 1. The molecule has 1 amide bonds. The number of carbonyl (C=O) groups is 2. The van der Waals surface area contributed by atoms with Gasteiger partial charge in [-0.05, 0) is 55.5 Å². The van der Waals surface area contributed by atoms with Gasteiger partial charge in [0, 0.05) is 11.6 Å². The number of aromatic nitrogens is 1. The third kappa shape index (κ3) is 4.28. The third-order valence-corrected chi connectivity index (χ3v) is 4.00. The number of fused-ring (bicyclic) bond motifs is 1. The number of alkyl halides is 3. The zero-order valence-corrected chi connectivity index (χ0v) is 14.7. The van der Waals surface area contributed by atoms with E-state index in [1.54, 1.807) is 36.5 Å². The molecule has 8 heteroatoms. The summed E-state index contributed by atoms with van der Waals surface area (Å²) < 4.78 is 42.8. The minimum atomic E-state index is -4.50. The summed E-state index contributed by atoms with van der Waals surface area (Å²) in [6.45, 7) is 1.38. The van der Waals surface area contributed by atoms with Crippen molar-refractivity contribution in [1.29, 1.82) is 0 Å². The molecule has 1 N–H and O–H groups in total. The number of nitrogens with zero attached hydrogens (tertiary/aromatic N) is 1. The molecule has 0 aliphatic carbocycles. The van der Waals surface area contributed by atoms with Gasteiger partial charge in [-0.2, -0.15) is 13.2 Å². The molecule has 0 fully saturated rings. The predicted molar refractivity (Wildman–Crippen MR) is 96.7 cm³/mol. The molecule has 0 aliphatic rings. The molecule has 1 heterocycles. The Bertz CT molecular complexity index is 1010. The Kier molecular flexibility index (Phi) is 5.30. The number of anilines is 1. The SMILES string of the molecule is CC(OC(=O)c1ccc(C(F)(F)F)cc1)C(=O)Nc1cccc2ncccc12. The van der Waals surface area contributed by atoms with Crippen molar-refractivity contribution in [3.63, 3.8) is 0 Å². The largest absolute Gasteiger partial charge is 0.449 e. The summed E-state index contributed by atoms with van der Waals surface area (Å²) in [6.07, 6.45) is -4.02. The maximum Gasteiger partial charge on any atom is 0.416 e. The van der Waals surface area contributed by atoms with Crippen LogP contribution in [0.15, 0.2) is 60.8 Å². The van der Waals surface area contributed by atoms with E-state index in [0.29, 0.717) is 11.2 Å². The summed E-state index contributed by atoms with van der Waals surface area (Å²) in [5, 5.41) is 3.39. The van der Waals surface area contributed by atoms with Crippen LogP contribution in [0.1, 0.15) is 22.8 Å². The van der Waals surface area contributed by atoms with E-state index in [0.717, 1.165) is 29.7 Å². The molecule has 2 aromatic carbocycles. The van der Waals surface area contributed by atoms with Gasteiger partial charge in [0.2, 0.25) is 0 Å². The molecule has 0 saturated heterocycles. The van der Waals surface area contributed by atoms with Gasteiger partial charge in [-0.15, -0.1) is 0 Å². The molecular formula is C20H15F3N2O3. The monoisotopic (exact) mass is 388 g/mol. The molecule has 0 bridgehead atoms. The number of pyridine rings is 1. The van der Waals surface area contributed by atoms with Crippen LogP contribution in [-0.4, -0.2) is 23.0 Å². The molecule has 1 atom stereocenters. The number of hydrogen-bond donors (Lipinski definition) is 1. The van der Waals surface area contributed by atoms with Gasteiger partial charge in [0.05, 0.1) is 22.3 Å². The van der Waals surface area contributed by atoms with E-state index in [1.807, 2.05) is 0 Å². The lowest BCUT2D eigenvalue weighted by Crippen LogP contribution is -2.30. The van der Waals surface area contributed by atoms with Gasteiger partial charge in [0.25, 0.3) is 5.91 Å². The number of halogens is 3. The molecule has 0 radical (unpaired) electrons. The summed E-state index contributed by atoms with van der Waals surface area (Å²) >= 11 is 0. The van der Waals surface area contributed by atoms with E-state index < -0.39 is 29.7 Å². The fraction of sp³-hybridized carbons (Fsp3) is 0.150. The van der Waals surface area contributed by atoms with Crippen molar-refractivity contribution in [2.75, 3.05) is 5.32 Å². The van der Waals surface area contributed by atoms with Crippen LogP contribution in [0.25, 0.3) is 10.9 Å². The number of rotatable bonds is 4. The highest BCUT2D eigenvalue weighted by Crippen LogP contribution is 2.29. The van der Waals surface area contributed by atoms with E-state index in [9.17, 15) is 22.8 Å². The molecule has 1 aromatic heterocycles. The fourth-order valence-corrected chi connectivity index (χ4v) is 2.52. The zero-order chi connectivity index (χ0) is 20.3. The third-order valence-electron chi connectivity index (χ3n) is 4.00. The van der Waals surface area contributed by atoms with Crippen molar-refractivity contribution in [1.82, 2.24) is 4.98 Å². The number of benzene rings is 2. The highest BCUT2D eigenvalue weighted by Gasteiger charge is 2.30. The van der Waals surface area contributed by atoms with Gasteiger partial charge in [0.1, 0.15) is 0 Å². The van der Waals surface area contributed by atoms with Gasteiger partial charge in [-0.1, -0.05) is 6.07 Å². The highest BCUT2D eigenvalue weighted by molar-refractivity contribution is 6.03. The molecule has 1 unspecified atom stereocenters. The van der Waals surface area contributed by atoms with E-state index in [2.05, 4.69) is 10.3 Å². The van der Waals surface area contributed by atoms with Crippen molar-refractivity contribution in [2.24, 2.45) is 0 Å². The normalized spacial score (nSPS) is 12.4. The summed E-state index contributed by atoms with van der Waals surface area (Å²) in [5.41, 5.74) is 0.240. The number of esters is 1. The second kappa shape index (κ2) is 7.67. The van der Waals surface area contributed by atoms with Gasteiger partial charge in [0.15, 0.2) is 6.10 Å². The molecule has 0 saturated carbocycles. The van der Waals surface area contributed by atoms with Crippen LogP contribution in [0.2, 0.25) is 0 Å². The van der Waals surface area contributed by atoms with Crippen LogP contribution < -0.4 is 5.32 Å². The Morgan fingerprint density at radius 2 is 1.75 bits per heavy atom. The summed E-state index contributed by atoms with van der Waals surface area (Å²) in [5.74, 6) is -1.47. The average molecular weight is 388 g/mol. The first-order valence-corrected chi connectivity index (χ1v) is 8.28. The van der Waals surface area contributed by atoms with Crippen LogP contribution in [0.5, 0.6) is 0 Å². The quantitative estimate of drug-likeness (QED) is 0.671. The van der Waals surface area contributed by atoms with Gasteiger partial charge < -0.3 is 10.1 Å². The van der Waals surface area contributed by atoms with Crippen LogP contribution >= 0.6 is 0 Å². The molecule has 144 valence electrons. The second-order valence-electron chi connectivity index (χ2n) is 5.99. The molecule has 28 heavy (non-hydrogen) atoms. The van der Waals surface area contributed by atoms with Crippen LogP contribution in [0.3, 0.4) is 0 Å². The molecule has 0 spiro atoms. The lowest BCUT2D eigenvalue weighted by Gasteiger charge is -2.15. The smallest absolute Gasteiger partial charge is 0.416 e. The minimum Gasteiger partial charge on any atom is -0.449 e. The summed E-state index contributed by atoms with van der Waals surface area (Å²) in [6, 6.07) is 12.3. The van der Waals surface area contributed by atoms with E-state index in [4.69, 9.17) is 4.74 Å². The Labute approximate surface area is 158 Å². The number of hydrogen-bond acceptors (Lipinski definition) is 4. The molecule has 3 aromatic rings. The summed E-state index contributed by atoms with van der Waals surface area (Å²) in [7, 11) is 0. The topological polar surface area (TPSA) is 68.3 Å². The minimum absolute atomic E-state index is 0.0815. The van der Waals surface area contributed by atoms with Crippen molar-refractivity contribution < 1.29 is 27.5 Å². The van der Waals surface area contributed by atoms with E-state index in [-0.39, 0.29) is 5.56 Å². The van der Waals surface area contributed by atoms with Crippen LogP contribution in [0.4, 0.5) is 18.9 Å². The Morgan fingerprint density at radius 3 is 2.43 bits per heavy atom. The highest BCUT2D eigenvalue weighted by atomic mass is 19.4. The van der Waals surface area contributed by atoms with Gasteiger partial charge >= 0.3 is 12.1 Å². The number of carbonyl (C=O) groups excluding carboxylic acids is 2. The lowest BCUT2D eigenvalue weighted by atomic mass is 10.1. The maximum atomic E-state index is 12.6. The first-order chi connectivity index (χ1) is 13.3. The predicted octanol–water partition coefficient (Wildman–Crippen LogP) is 4.44. The standard InChI is InChI=1S/C20H15F3N2O3/c1-12(28-19(27)13-7-9-14(10-8-13)20(21,22)23)18(26)25-17-6-2-5-16-15(17)4-3-11-24-16/h2-12H,1H3,(H,25,26). The first kappa shape index (κ1) is 19.3. The number of nitrogens with one attached hydrogen (secondary N) is 1. The first-order valence-electron chi connectivity index (χ1n) is 8.28. The van der Waals surface area contributed by atoms with Gasteiger partial charge in [-0.25, -0.2) is 4.79 Å². The Hall–Kier alpha value is -3.42. The zero-order valence-electron chi connectivity index (χ0n) is 14.7. The van der Waals surface area contributed by atoms with Crippen LogP contribution in [0, 0.1) is 0 Å². The second-order valence-corrected chi connectivity index (χ2v) is 5.99. The lowest BCUT2D eigenvalue weighted by molar-refractivity contribution is -0.137. The Morgan fingerprint density at radius 1 is 1.04 bits per heavy atom. The van der Waals surface area contributed by atoms with Crippen molar-refractivity contribution in [2.45, 2.75) is 19.2 Å².